The second-order valence-electron chi connectivity index (χ2n) is 7.69. The van der Waals surface area contributed by atoms with Crippen LogP contribution >= 0.6 is 0 Å². The normalized spacial score (nSPS) is 25.0. The van der Waals surface area contributed by atoms with Crippen molar-refractivity contribution in [1.82, 2.24) is 4.90 Å². The van der Waals surface area contributed by atoms with Crippen molar-refractivity contribution in [2.24, 2.45) is 0 Å². The first-order chi connectivity index (χ1) is 12.8. The fourth-order valence-electron chi connectivity index (χ4n) is 4.09. The molecule has 0 spiro atoms. The van der Waals surface area contributed by atoms with E-state index >= 15 is 0 Å². The molecule has 0 N–H and O–H groups in total. The third-order valence-corrected chi connectivity index (χ3v) is 5.67. The number of carbonyl (C=O) groups is 3. The molecule has 0 bridgehead atoms. The molecule has 2 amide bonds. The van der Waals surface area contributed by atoms with Crippen LogP contribution in [0.4, 0.5) is 5.69 Å². The van der Waals surface area contributed by atoms with Crippen molar-refractivity contribution in [3.63, 3.8) is 0 Å². The van der Waals surface area contributed by atoms with Gasteiger partial charge in [-0.2, -0.15) is 0 Å². The summed E-state index contributed by atoms with van der Waals surface area (Å²) in [5, 5.41) is 0. The standard InChI is InChI=1S/C21H28N2O4/c1-13-6-5-7-14(2)23(13)20(25)11-9-18(24)16-8-10-19-17(12-16)22(4)21(26)15(3)27-19/h8,10,12-15H,5-7,9,11H2,1-4H3. The number of likely N-dealkylation sites (N-methyl/N-ethyl adjacent to an activating group) is 1. The van der Waals surface area contributed by atoms with Crippen molar-refractivity contribution in [2.75, 3.05) is 11.9 Å². The molecule has 2 aliphatic rings. The summed E-state index contributed by atoms with van der Waals surface area (Å²) in [7, 11) is 1.68. The topological polar surface area (TPSA) is 66.9 Å². The highest BCUT2D eigenvalue weighted by atomic mass is 16.5. The summed E-state index contributed by atoms with van der Waals surface area (Å²) in [6, 6.07) is 5.57. The van der Waals surface area contributed by atoms with Gasteiger partial charge in [0.25, 0.3) is 5.91 Å². The van der Waals surface area contributed by atoms with E-state index in [0.717, 1.165) is 19.3 Å². The quantitative estimate of drug-likeness (QED) is 0.762. The number of anilines is 1. The Hall–Kier alpha value is -2.37. The van der Waals surface area contributed by atoms with Crippen molar-refractivity contribution in [3.05, 3.63) is 23.8 Å². The summed E-state index contributed by atoms with van der Waals surface area (Å²) in [6.45, 7) is 5.86. The molecule has 2 heterocycles. The van der Waals surface area contributed by atoms with Crippen LogP contribution in [0.1, 0.15) is 63.2 Å². The van der Waals surface area contributed by atoms with Crippen LogP contribution in [-0.2, 0) is 9.59 Å². The molecule has 3 rings (SSSR count). The Morgan fingerprint density at radius 3 is 2.44 bits per heavy atom. The van der Waals surface area contributed by atoms with E-state index in [9.17, 15) is 14.4 Å². The fraction of sp³-hybridized carbons (Fsp3) is 0.571. The maximum absolute atomic E-state index is 12.6. The minimum absolute atomic E-state index is 0.0467. The molecule has 0 saturated carbocycles. The van der Waals surface area contributed by atoms with Gasteiger partial charge in [0.15, 0.2) is 11.9 Å². The lowest BCUT2D eigenvalue weighted by atomic mass is 9.96. The van der Waals surface area contributed by atoms with Crippen molar-refractivity contribution >= 4 is 23.3 Å². The van der Waals surface area contributed by atoms with Crippen LogP contribution in [0.25, 0.3) is 0 Å². The number of likely N-dealkylation sites (tertiary alicyclic amines) is 1. The number of amides is 2. The summed E-state index contributed by atoms with van der Waals surface area (Å²) in [5.74, 6) is 0.400. The molecule has 1 aromatic rings. The van der Waals surface area contributed by atoms with Crippen LogP contribution in [0, 0.1) is 0 Å². The number of ether oxygens (including phenoxy) is 1. The van der Waals surface area contributed by atoms with Crippen molar-refractivity contribution in [2.45, 2.75) is 71.1 Å². The zero-order chi connectivity index (χ0) is 19.7. The third kappa shape index (κ3) is 3.84. The Kier molecular flexibility index (Phi) is 5.53. The van der Waals surface area contributed by atoms with Gasteiger partial charge in [-0.1, -0.05) is 0 Å². The number of nitrogens with zero attached hydrogens (tertiary/aromatic N) is 2. The van der Waals surface area contributed by atoms with Gasteiger partial charge in [0.1, 0.15) is 5.75 Å². The second-order valence-corrected chi connectivity index (χ2v) is 7.69. The van der Waals surface area contributed by atoms with Gasteiger partial charge < -0.3 is 14.5 Å². The second kappa shape index (κ2) is 7.71. The fourth-order valence-corrected chi connectivity index (χ4v) is 4.09. The minimum Gasteiger partial charge on any atom is -0.479 e. The lowest BCUT2D eigenvalue weighted by molar-refractivity contribution is -0.137. The predicted octanol–water partition coefficient (Wildman–Crippen LogP) is 3.18. The van der Waals surface area contributed by atoms with Crippen LogP contribution in [0.15, 0.2) is 18.2 Å². The smallest absolute Gasteiger partial charge is 0.267 e. The van der Waals surface area contributed by atoms with Crippen LogP contribution in [-0.4, -0.2) is 47.7 Å². The molecule has 2 aliphatic heterocycles. The predicted molar refractivity (Wildman–Crippen MR) is 103 cm³/mol. The molecule has 146 valence electrons. The summed E-state index contributed by atoms with van der Waals surface area (Å²) < 4.78 is 5.59. The van der Waals surface area contributed by atoms with E-state index in [4.69, 9.17) is 4.74 Å². The SMILES string of the molecule is CC1Oc2ccc(C(=O)CCC(=O)N3C(C)CCCC3C)cc2N(C)C1=O. The molecular weight excluding hydrogens is 344 g/mol. The zero-order valence-corrected chi connectivity index (χ0v) is 16.5. The molecule has 3 atom stereocenters. The van der Waals surface area contributed by atoms with Gasteiger partial charge in [-0.3, -0.25) is 14.4 Å². The first kappa shape index (κ1) is 19.4. The van der Waals surface area contributed by atoms with Crippen molar-refractivity contribution < 1.29 is 19.1 Å². The van der Waals surface area contributed by atoms with Crippen LogP contribution < -0.4 is 9.64 Å². The zero-order valence-electron chi connectivity index (χ0n) is 16.5. The average Bonchev–Trinajstić information content (AvgIpc) is 2.64. The van der Waals surface area contributed by atoms with Gasteiger partial charge in [-0.05, 0) is 58.2 Å². The molecule has 1 fully saturated rings. The van der Waals surface area contributed by atoms with Crippen molar-refractivity contribution in [1.29, 1.82) is 0 Å². The summed E-state index contributed by atoms with van der Waals surface area (Å²) in [4.78, 5) is 40.8. The first-order valence-corrected chi connectivity index (χ1v) is 9.72. The molecule has 1 aromatic carbocycles. The number of benzene rings is 1. The lowest BCUT2D eigenvalue weighted by Crippen LogP contribution is -2.47. The molecule has 0 aliphatic carbocycles. The van der Waals surface area contributed by atoms with Crippen LogP contribution in [0.2, 0.25) is 0 Å². The molecule has 27 heavy (non-hydrogen) atoms. The van der Waals surface area contributed by atoms with Crippen molar-refractivity contribution in [3.8, 4) is 5.75 Å². The van der Waals surface area contributed by atoms with Crippen LogP contribution in [0.5, 0.6) is 5.75 Å². The van der Waals surface area contributed by atoms with Gasteiger partial charge in [-0.25, -0.2) is 0 Å². The third-order valence-electron chi connectivity index (χ3n) is 5.67. The van der Waals surface area contributed by atoms with E-state index in [2.05, 4.69) is 13.8 Å². The number of hydrogen-bond acceptors (Lipinski definition) is 4. The Balaban J connectivity index is 1.67. The molecule has 3 unspecified atom stereocenters. The van der Waals surface area contributed by atoms with E-state index in [0.29, 0.717) is 17.0 Å². The first-order valence-electron chi connectivity index (χ1n) is 9.72. The van der Waals surface area contributed by atoms with Gasteiger partial charge in [-0.15, -0.1) is 0 Å². The number of hydrogen-bond donors (Lipinski definition) is 0. The Morgan fingerprint density at radius 1 is 1.11 bits per heavy atom. The summed E-state index contributed by atoms with van der Waals surface area (Å²) >= 11 is 0. The number of ketones is 1. The largest absolute Gasteiger partial charge is 0.479 e. The Bertz CT molecular complexity index is 751. The minimum atomic E-state index is -0.532. The van der Waals surface area contributed by atoms with Crippen LogP contribution in [0.3, 0.4) is 0 Å². The van der Waals surface area contributed by atoms with E-state index < -0.39 is 6.10 Å². The maximum Gasteiger partial charge on any atom is 0.267 e. The Labute approximate surface area is 160 Å². The molecule has 0 aromatic heterocycles. The number of fused-ring (bicyclic) bond motifs is 1. The highest BCUT2D eigenvalue weighted by Gasteiger charge is 2.31. The number of piperidine rings is 1. The highest BCUT2D eigenvalue weighted by molar-refractivity contribution is 6.03. The van der Waals surface area contributed by atoms with Gasteiger partial charge in [0.2, 0.25) is 5.91 Å². The Morgan fingerprint density at radius 2 is 1.78 bits per heavy atom. The van der Waals surface area contributed by atoms with E-state index in [1.165, 1.54) is 4.90 Å². The molecule has 0 radical (unpaired) electrons. The van der Waals surface area contributed by atoms with Gasteiger partial charge >= 0.3 is 0 Å². The highest BCUT2D eigenvalue weighted by Crippen LogP contribution is 2.34. The molecule has 1 saturated heterocycles. The van der Waals surface area contributed by atoms with Gasteiger partial charge in [0.05, 0.1) is 5.69 Å². The summed E-state index contributed by atoms with van der Waals surface area (Å²) in [5.41, 5.74) is 1.09. The average molecular weight is 372 g/mol. The number of Topliss-reactive ketones (excluding diaryl/α,β-unsaturated/α-hetero) is 1. The molecule has 6 nitrogen and oxygen atoms in total. The lowest BCUT2D eigenvalue weighted by Gasteiger charge is -2.39. The monoisotopic (exact) mass is 372 g/mol. The van der Waals surface area contributed by atoms with E-state index in [1.807, 2.05) is 4.90 Å². The molecular formula is C21H28N2O4. The van der Waals surface area contributed by atoms with E-state index in [1.54, 1.807) is 32.2 Å². The molecule has 6 heteroatoms. The number of carbonyl (C=O) groups excluding carboxylic acids is 3. The van der Waals surface area contributed by atoms with E-state index in [-0.39, 0.29) is 42.5 Å². The maximum atomic E-state index is 12.6. The van der Waals surface area contributed by atoms with Gasteiger partial charge in [0, 0.05) is 37.5 Å². The number of rotatable bonds is 4. The summed E-state index contributed by atoms with van der Waals surface area (Å²) in [6.07, 6.45) is 3.04.